The first-order valence-electron chi connectivity index (χ1n) is 10.0. The normalized spacial score (nSPS) is 14.1. The fourth-order valence-corrected chi connectivity index (χ4v) is 4.70. The Kier molecular flexibility index (Phi) is 6.22. The number of rotatable bonds is 7. The summed E-state index contributed by atoms with van der Waals surface area (Å²) in [6.07, 6.45) is 1.82. The average molecular weight is 438 g/mol. The number of para-hydroxylation sites is 4. The van der Waals surface area contributed by atoms with E-state index in [0.717, 1.165) is 16.2 Å². The lowest BCUT2D eigenvalue weighted by Gasteiger charge is -2.35. The summed E-state index contributed by atoms with van der Waals surface area (Å²) in [7, 11) is 0. The first-order valence-corrected chi connectivity index (χ1v) is 11.0. The van der Waals surface area contributed by atoms with E-state index in [4.69, 9.17) is 0 Å². The van der Waals surface area contributed by atoms with E-state index in [1.165, 1.54) is 17.8 Å². The molecular formula is C22H23N5O3S. The number of carbonyl (C=O) groups excluding carboxylic acids is 1. The molecule has 0 spiro atoms. The van der Waals surface area contributed by atoms with Crippen LogP contribution < -0.4 is 4.90 Å². The van der Waals surface area contributed by atoms with Crippen LogP contribution in [0.1, 0.15) is 0 Å². The molecule has 1 aliphatic heterocycles. The summed E-state index contributed by atoms with van der Waals surface area (Å²) in [6.45, 7) is 6.66. The molecule has 9 heteroatoms. The molecule has 1 aromatic heterocycles. The number of nitro benzene ring substituents is 1. The van der Waals surface area contributed by atoms with Crippen molar-refractivity contribution in [1.82, 2.24) is 14.5 Å². The predicted octanol–water partition coefficient (Wildman–Crippen LogP) is 3.57. The van der Waals surface area contributed by atoms with E-state index in [1.807, 2.05) is 40.1 Å². The van der Waals surface area contributed by atoms with Crippen LogP contribution in [0.5, 0.6) is 0 Å². The molecule has 4 rings (SSSR count). The molecule has 1 saturated heterocycles. The van der Waals surface area contributed by atoms with E-state index in [-0.39, 0.29) is 16.5 Å². The van der Waals surface area contributed by atoms with Crippen molar-refractivity contribution in [1.29, 1.82) is 0 Å². The van der Waals surface area contributed by atoms with Crippen LogP contribution in [0.15, 0.2) is 66.3 Å². The largest absolute Gasteiger partial charge is 0.362 e. The highest BCUT2D eigenvalue weighted by atomic mass is 32.2. The van der Waals surface area contributed by atoms with Crippen LogP contribution in [-0.4, -0.2) is 57.2 Å². The van der Waals surface area contributed by atoms with Gasteiger partial charge in [0.2, 0.25) is 5.91 Å². The van der Waals surface area contributed by atoms with Crippen molar-refractivity contribution in [3.8, 4) is 0 Å². The van der Waals surface area contributed by atoms with Gasteiger partial charge in [-0.25, -0.2) is 4.98 Å². The maximum absolute atomic E-state index is 12.8. The Morgan fingerprint density at radius 2 is 1.84 bits per heavy atom. The fourth-order valence-electron chi connectivity index (χ4n) is 3.77. The van der Waals surface area contributed by atoms with E-state index >= 15 is 0 Å². The number of nitro groups is 1. The molecule has 3 aromatic rings. The molecule has 31 heavy (non-hydrogen) atoms. The van der Waals surface area contributed by atoms with Crippen LogP contribution in [0.2, 0.25) is 0 Å². The Bertz CT molecular complexity index is 1120. The second-order valence-corrected chi connectivity index (χ2v) is 8.13. The number of piperazine rings is 1. The van der Waals surface area contributed by atoms with Crippen LogP contribution >= 0.6 is 11.8 Å². The molecule has 8 nitrogen and oxygen atoms in total. The second kappa shape index (κ2) is 9.22. The number of allylic oxidation sites excluding steroid dienone is 1. The van der Waals surface area contributed by atoms with E-state index in [9.17, 15) is 14.9 Å². The highest BCUT2D eigenvalue weighted by Crippen LogP contribution is 2.29. The van der Waals surface area contributed by atoms with Crippen LogP contribution in [0.4, 0.5) is 11.4 Å². The minimum atomic E-state index is -0.362. The summed E-state index contributed by atoms with van der Waals surface area (Å²) in [5.74, 6) is 0.343. The standard InChI is InChI=1S/C22H23N5O3S/c1-2-11-26-18-8-4-3-7-17(18)23-22(26)31-16-21(28)25-14-12-24(13-15-25)19-9-5-6-10-20(19)27(29)30/h2-10H,1,11-16H2. The summed E-state index contributed by atoms with van der Waals surface area (Å²) in [5.41, 5.74) is 2.62. The van der Waals surface area contributed by atoms with Gasteiger partial charge in [0.25, 0.3) is 5.69 Å². The number of hydrogen-bond acceptors (Lipinski definition) is 6. The van der Waals surface area contributed by atoms with Gasteiger partial charge in [-0.1, -0.05) is 42.1 Å². The number of aromatic nitrogens is 2. The molecule has 2 aromatic carbocycles. The Morgan fingerprint density at radius 1 is 1.13 bits per heavy atom. The summed E-state index contributed by atoms with van der Waals surface area (Å²) in [6, 6.07) is 14.6. The minimum Gasteiger partial charge on any atom is -0.362 e. The number of amides is 1. The number of thioether (sulfide) groups is 1. The molecule has 0 saturated carbocycles. The zero-order valence-electron chi connectivity index (χ0n) is 17.0. The highest BCUT2D eigenvalue weighted by molar-refractivity contribution is 7.99. The molecule has 1 fully saturated rings. The Morgan fingerprint density at radius 3 is 2.58 bits per heavy atom. The monoisotopic (exact) mass is 437 g/mol. The molecule has 1 amide bonds. The van der Waals surface area contributed by atoms with Gasteiger partial charge in [0.15, 0.2) is 5.16 Å². The van der Waals surface area contributed by atoms with Crippen LogP contribution in [0.25, 0.3) is 11.0 Å². The molecule has 0 N–H and O–H groups in total. The van der Waals surface area contributed by atoms with Crippen molar-refractivity contribution in [2.75, 3.05) is 36.8 Å². The highest BCUT2D eigenvalue weighted by Gasteiger charge is 2.25. The zero-order chi connectivity index (χ0) is 21.8. The minimum absolute atomic E-state index is 0.0458. The third-order valence-corrected chi connectivity index (χ3v) is 6.27. The Hall–Kier alpha value is -3.33. The van der Waals surface area contributed by atoms with Crippen LogP contribution in [-0.2, 0) is 11.3 Å². The van der Waals surface area contributed by atoms with Crippen molar-refractivity contribution in [2.24, 2.45) is 0 Å². The molecule has 1 aliphatic rings. The zero-order valence-corrected chi connectivity index (χ0v) is 17.8. The smallest absolute Gasteiger partial charge is 0.292 e. The summed E-state index contributed by atoms with van der Waals surface area (Å²) in [5, 5.41) is 12.1. The van der Waals surface area contributed by atoms with Gasteiger partial charge in [0, 0.05) is 38.8 Å². The molecule has 0 radical (unpaired) electrons. The third kappa shape index (κ3) is 4.41. The van der Waals surface area contributed by atoms with Crippen LogP contribution in [0, 0.1) is 10.1 Å². The molecule has 160 valence electrons. The predicted molar refractivity (Wildman–Crippen MR) is 123 cm³/mol. The summed E-state index contributed by atoms with van der Waals surface area (Å²) >= 11 is 1.43. The van der Waals surface area contributed by atoms with Crippen LogP contribution in [0.3, 0.4) is 0 Å². The van der Waals surface area contributed by atoms with Gasteiger partial charge in [-0.05, 0) is 18.2 Å². The number of hydrogen-bond donors (Lipinski definition) is 0. The molecule has 0 aliphatic carbocycles. The van der Waals surface area contributed by atoms with Gasteiger partial charge in [-0.3, -0.25) is 14.9 Å². The number of imidazole rings is 1. The Balaban J connectivity index is 1.38. The van der Waals surface area contributed by atoms with Crippen molar-refractivity contribution < 1.29 is 9.72 Å². The fraction of sp³-hybridized carbons (Fsp3) is 0.273. The molecule has 0 atom stereocenters. The van der Waals surface area contributed by atoms with Crippen molar-refractivity contribution in [2.45, 2.75) is 11.7 Å². The number of nitrogens with zero attached hydrogens (tertiary/aromatic N) is 5. The lowest BCUT2D eigenvalue weighted by Crippen LogP contribution is -2.49. The lowest BCUT2D eigenvalue weighted by atomic mass is 10.2. The van der Waals surface area contributed by atoms with Crippen molar-refractivity contribution in [3.05, 3.63) is 71.3 Å². The number of benzene rings is 2. The third-order valence-electron chi connectivity index (χ3n) is 5.31. The first-order chi connectivity index (χ1) is 15.1. The van der Waals surface area contributed by atoms with Gasteiger partial charge in [0.05, 0.1) is 21.7 Å². The maximum Gasteiger partial charge on any atom is 0.292 e. The SMILES string of the molecule is C=CCn1c(SCC(=O)N2CCN(c3ccccc3[N+](=O)[O-])CC2)nc2ccccc21. The molecular weight excluding hydrogens is 414 g/mol. The van der Waals surface area contributed by atoms with Crippen molar-refractivity contribution >= 4 is 40.1 Å². The number of anilines is 1. The second-order valence-electron chi connectivity index (χ2n) is 7.18. The molecule has 0 bridgehead atoms. The topological polar surface area (TPSA) is 84.5 Å². The van der Waals surface area contributed by atoms with Gasteiger partial charge in [-0.15, -0.1) is 6.58 Å². The quantitative estimate of drug-likeness (QED) is 0.243. The summed E-state index contributed by atoms with van der Waals surface area (Å²) < 4.78 is 2.06. The maximum atomic E-state index is 12.8. The van der Waals surface area contributed by atoms with E-state index < -0.39 is 0 Å². The Labute approximate surface area is 184 Å². The van der Waals surface area contributed by atoms with Gasteiger partial charge in [-0.2, -0.15) is 0 Å². The van der Waals surface area contributed by atoms with E-state index in [1.54, 1.807) is 18.2 Å². The van der Waals surface area contributed by atoms with E-state index in [0.29, 0.717) is 44.2 Å². The number of carbonyl (C=O) groups is 1. The van der Waals surface area contributed by atoms with Crippen molar-refractivity contribution in [3.63, 3.8) is 0 Å². The molecule has 2 heterocycles. The molecule has 0 unspecified atom stereocenters. The van der Waals surface area contributed by atoms with Gasteiger partial charge < -0.3 is 14.4 Å². The lowest BCUT2D eigenvalue weighted by molar-refractivity contribution is -0.384. The first kappa shape index (κ1) is 20.9. The van der Waals surface area contributed by atoms with Gasteiger partial charge in [0.1, 0.15) is 5.69 Å². The van der Waals surface area contributed by atoms with E-state index in [2.05, 4.69) is 16.1 Å². The average Bonchev–Trinajstić information content (AvgIpc) is 3.15. The summed E-state index contributed by atoms with van der Waals surface area (Å²) in [4.78, 5) is 32.2. The number of fused-ring (bicyclic) bond motifs is 1. The van der Waals surface area contributed by atoms with Gasteiger partial charge >= 0.3 is 0 Å².